The minimum Gasteiger partial charge on any atom is -0.493 e. The van der Waals surface area contributed by atoms with Crippen molar-refractivity contribution in [2.24, 2.45) is 0 Å². The van der Waals surface area contributed by atoms with E-state index >= 15 is 0 Å². The van der Waals surface area contributed by atoms with Crippen LogP contribution in [0, 0.1) is 0 Å². The van der Waals surface area contributed by atoms with Gasteiger partial charge in [0.1, 0.15) is 0 Å². The Bertz CT molecular complexity index is 519. The highest BCUT2D eigenvalue weighted by atomic mass is 79.9. The minimum atomic E-state index is -0.523. The van der Waals surface area contributed by atoms with Crippen molar-refractivity contribution in [1.29, 1.82) is 0 Å². The van der Waals surface area contributed by atoms with Gasteiger partial charge >= 0.3 is 0 Å². The molecule has 0 heterocycles. The molecule has 0 aliphatic rings. The van der Waals surface area contributed by atoms with Crippen LogP contribution in [0.1, 0.15) is 10.4 Å². The zero-order valence-electron chi connectivity index (χ0n) is 13.2. The largest absolute Gasteiger partial charge is 0.493 e. The van der Waals surface area contributed by atoms with Crippen LogP contribution >= 0.6 is 15.9 Å². The van der Waals surface area contributed by atoms with Gasteiger partial charge in [0.05, 0.1) is 37.9 Å². The molecule has 0 bridgehead atoms. The lowest BCUT2D eigenvalue weighted by molar-refractivity contribution is -0.0974. The lowest BCUT2D eigenvalue weighted by Crippen LogP contribution is -2.34. The third-order valence-corrected chi connectivity index (χ3v) is 3.76. The zero-order valence-corrected chi connectivity index (χ0v) is 14.8. The van der Waals surface area contributed by atoms with Gasteiger partial charge in [-0.2, -0.15) is 0 Å². The lowest BCUT2D eigenvalue weighted by atomic mass is 10.1. The molecule has 0 spiro atoms. The third-order valence-electron chi connectivity index (χ3n) is 2.97. The van der Waals surface area contributed by atoms with Gasteiger partial charge in [-0.1, -0.05) is 0 Å². The summed E-state index contributed by atoms with van der Waals surface area (Å²) in [4.78, 5) is 12.3. The van der Waals surface area contributed by atoms with Crippen LogP contribution in [0.5, 0.6) is 17.2 Å². The zero-order chi connectivity index (χ0) is 16.7. The Balaban J connectivity index is 3.11. The molecule has 8 heteroatoms. The highest BCUT2D eigenvalue weighted by Crippen LogP contribution is 2.44. The topological polar surface area (TPSA) is 75.3 Å². The molecule has 0 fully saturated rings. The first-order valence-electron chi connectivity index (χ1n) is 6.36. The van der Waals surface area contributed by atoms with Gasteiger partial charge in [0.25, 0.3) is 5.91 Å². The highest BCUT2D eigenvalue weighted by Gasteiger charge is 2.23. The molecule has 1 aromatic rings. The van der Waals surface area contributed by atoms with Crippen LogP contribution in [-0.4, -0.2) is 54.3 Å². The maximum atomic E-state index is 12.3. The SMILES string of the molecule is COc1cc(C(=O)NCC(OC)OC)c(Br)c(OC)c1OC. The molecule has 0 aromatic heterocycles. The van der Waals surface area contributed by atoms with Gasteiger partial charge in [0.15, 0.2) is 17.8 Å². The number of nitrogens with one attached hydrogen (secondary N) is 1. The summed E-state index contributed by atoms with van der Waals surface area (Å²) in [6.45, 7) is 0.203. The average molecular weight is 378 g/mol. The maximum Gasteiger partial charge on any atom is 0.252 e. The van der Waals surface area contributed by atoms with Crippen molar-refractivity contribution < 1.29 is 28.5 Å². The summed E-state index contributed by atoms with van der Waals surface area (Å²) >= 11 is 3.35. The first kappa shape index (κ1) is 18.5. The van der Waals surface area contributed by atoms with Crippen LogP contribution in [-0.2, 0) is 9.47 Å². The predicted octanol–water partition coefficient (Wildman–Crippen LogP) is 1.82. The fourth-order valence-corrected chi connectivity index (χ4v) is 2.46. The van der Waals surface area contributed by atoms with E-state index in [1.54, 1.807) is 6.07 Å². The Morgan fingerprint density at radius 3 is 2.14 bits per heavy atom. The lowest BCUT2D eigenvalue weighted by Gasteiger charge is -2.18. The summed E-state index contributed by atoms with van der Waals surface area (Å²) in [5, 5.41) is 2.71. The van der Waals surface area contributed by atoms with Crippen LogP contribution in [0.25, 0.3) is 0 Å². The van der Waals surface area contributed by atoms with Crippen molar-refractivity contribution >= 4 is 21.8 Å². The molecule has 0 unspecified atom stereocenters. The first-order valence-corrected chi connectivity index (χ1v) is 7.15. The summed E-state index contributed by atoms with van der Waals surface area (Å²) in [7, 11) is 7.45. The summed E-state index contributed by atoms with van der Waals surface area (Å²) in [6, 6.07) is 1.56. The van der Waals surface area contributed by atoms with Crippen molar-refractivity contribution in [2.45, 2.75) is 6.29 Å². The second-order valence-electron chi connectivity index (χ2n) is 4.12. The Morgan fingerprint density at radius 1 is 1.09 bits per heavy atom. The molecule has 0 aliphatic heterocycles. The van der Waals surface area contributed by atoms with E-state index in [0.717, 1.165) is 0 Å². The molecule has 0 saturated heterocycles. The standard InChI is InChI=1S/C14H20BrNO6/c1-18-9-6-8(11(15)13(22-5)12(9)21-4)14(17)16-7-10(19-2)20-3/h6,10H,7H2,1-5H3,(H,16,17). The van der Waals surface area contributed by atoms with E-state index < -0.39 is 6.29 Å². The van der Waals surface area contributed by atoms with Gasteiger partial charge in [-0.3, -0.25) is 4.79 Å². The summed E-state index contributed by atoms with van der Waals surface area (Å²) < 4.78 is 26.3. The monoisotopic (exact) mass is 377 g/mol. The number of rotatable bonds is 8. The van der Waals surface area contributed by atoms with Gasteiger partial charge < -0.3 is 29.0 Å². The van der Waals surface area contributed by atoms with E-state index in [0.29, 0.717) is 27.3 Å². The van der Waals surface area contributed by atoms with Crippen molar-refractivity contribution in [1.82, 2.24) is 5.32 Å². The van der Waals surface area contributed by atoms with Crippen molar-refractivity contribution in [3.63, 3.8) is 0 Å². The van der Waals surface area contributed by atoms with E-state index in [2.05, 4.69) is 21.2 Å². The fraction of sp³-hybridized carbons (Fsp3) is 0.500. The fourth-order valence-electron chi connectivity index (χ4n) is 1.82. The van der Waals surface area contributed by atoms with Crippen molar-refractivity contribution in [3.8, 4) is 17.2 Å². The van der Waals surface area contributed by atoms with Crippen molar-refractivity contribution in [3.05, 3.63) is 16.1 Å². The van der Waals surface area contributed by atoms with Gasteiger partial charge in [-0.15, -0.1) is 0 Å². The average Bonchev–Trinajstić information content (AvgIpc) is 2.54. The van der Waals surface area contributed by atoms with Crippen LogP contribution < -0.4 is 19.5 Å². The molecule has 124 valence electrons. The molecule has 0 radical (unpaired) electrons. The molecule has 1 aromatic carbocycles. The molecule has 1 amide bonds. The summed E-state index contributed by atoms with van der Waals surface area (Å²) in [5.74, 6) is 0.843. The number of carbonyl (C=O) groups is 1. The second kappa shape index (κ2) is 8.82. The van der Waals surface area contributed by atoms with E-state index in [-0.39, 0.29) is 12.5 Å². The molecule has 0 atom stereocenters. The smallest absolute Gasteiger partial charge is 0.252 e. The number of halogens is 1. The number of hydrogen-bond acceptors (Lipinski definition) is 6. The number of amides is 1. The van der Waals surface area contributed by atoms with Gasteiger partial charge in [-0.05, 0) is 22.0 Å². The highest BCUT2D eigenvalue weighted by molar-refractivity contribution is 9.10. The Morgan fingerprint density at radius 2 is 1.68 bits per heavy atom. The summed E-state index contributed by atoms with van der Waals surface area (Å²) in [5.41, 5.74) is 0.348. The number of hydrogen-bond donors (Lipinski definition) is 1. The quantitative estimate of drug-likeness (QED) is 0.696. The molecule has 0 aliphatic carbocycles. The van der Waals surface area contributed by atoms with Crippen molar-refractivity contribution in [2.75, 3.05) is 42.1 Å². The Labute approximate surface area is 137 Å². The van der Waals surface area contributed by atoms with Gasteiger partial charge in [-0.25, -0.2) is 0 Å². The maximum absolute atomic E-state index is 12.3. The van der Waals surface area contributed by atoms with Gasteiger partial charge in [0.2, 0.25) is 5.75 Å². The van der Waals surface area contributed by atoms with E-state index in [1.807, 2.05) is 0 Å². The Hall–Kier alpha value is -1.51. The molecular formula is C14H20BrNO6. The number of carbonyl (C=O) groups excluding carboxylic acids is 1. The Kier molecular flexibility index (Phi) is 7.43. The number of ether oxygens (including phenoxy) is 5. The van der Waals surface area contributed by atoms with E-state index in [1.165, 1.54) is 35.5 Å². The predicted molar refractivity (Wildman–Crippen MR) is 83.9 cm³/mol. The van der Waals surface area contributed by atoms with E-state index in [9.17, 15) is 4.79 Å². The van der Waals surface area contributed by atoms with Gasteiger partial charge in [0, 0.05) is 14.2 Å². The van der Waals surface area contributed by atoms with Crippen LogP contribution in [0.4, 0.5) is 0 Å². The molecular weight excluding hydrogens is 358 g/mol. The molecule has 22 heavy (non-hydrogen) atoms. The normalized spacial score (nSPS) is 10.5. The number of benzene rings is 1. The molecule has 1 N–H and O–H groups in total. The second-order valence-corrected chi connectivity index (χ2v) is 4.91. The molecule has 1 rings (SSSR count). The molecule has 0 saturated carbocycles. The van der Waals surface area contributed by atoms with Crippen LogP contribution in [0.15, 0.2) is 10.5 Å². The first-order chi connectivity index (χ1) is 10.5. The third kappa shape index (κ3) is 4.02. The summed E-state index contributed by atoms with van der Waals surface area (Å²) in [6.07, 6.45) is -0.523. The van der Waals surface area contributed by atoms with Crippen LogP contribution in [0.3, 0.4) is 0 Å². The minimum absolute atomic E-state index is 0.203. The molecule has 7 nitrogen and oxygen atoms in total. The number of methoxy groups -OCH3 is 5. The van der Waals surface area contributed by atoms with Crippen LogP contribution in [0.2, 0.25) is 0 Å². The van der Waals surface area contributed by atoms with E-state index in [4.69, 9.17) is 23.7 Å².